The molecule has 0 aliphatic rings. The molecule has 0 atom stereocenters. The van der Waals surface area contributed by atoms with Gasteiger partial charge in [-0.05, 0) is 6.55 Å². The third-order valence-corrected chi connectivity index (χ3v) is 0. The van der Waals surface area contributed by atoms with Crippen molar-refractivity contribution < 1.29 is 0 Å². The van der Waals surface area contributed by atoms with Gasteiger partial charge >= 0.3 is 6.00 Å². The van der Waals surface area contributed by atoms with E-state index < -0.39 is 6.00 Å². The summed E-state index contributed by atoms with van der Waals surface area (Å²) in [5, 5.41) is 0. The Morgan fingerprint density at radius 3 is 1.17 bits per heavy atom. The zero-order valence-corrected chi connectivity index (χ0v) is 5.90. The van der Waals surface area contributed by atoms with Crippen LogP contribution in [0.3, 0.4) is 0 Å². The van der Waals surface area contributed by atoms with Gasteiger partial charge in [0.1, 0.15) is 0 Å². The van der Waals surface area contributed by atoms with Crippen LogP contribution in [0.5, 0.6) is 0 Å². The molecule has 0 fully saturated rings. The van der Waals surface area contributed by atoms with Gasteiger partial charge < -0.3 is 0 Å². The van der Waals surface area contributed by atoms with E-state index in [1.807, 2.05) is 0 Å². The number of hydrogen-bond acceptors (Lipinski definition) is 0. The molecular weight excluding hydrogens is 158 g/mol. The predicted molar refractivity (Wildman–Crippen MR) is 35.9 cm³/mol. The molecule has 0 N–H and O–H groups in total. The molecule has 4 heteroatoms. The summed E-state index contributed by atoms with van der Waals surface area (Å²) in [6.45, 7) is 1.62. The van der Waals surface area contributed by atoms with Crippen molar-refractivity contribution in [2.75, 3.05) is 0 Å². The first-order valence-corrected chi connectivity index (χ1v) is 6.60. The number of halogens is 3. The van der Waals surface area contributed by atoms with Crippen molar-refractivity contribution in [2.24, 2.45) is 0 Å². The Morgan fingerprint density at radius 2 is 1.17 bits per heavy atom. The lowest BCUT2D eigenvalue weighted by molar-refractivity contribution is 2.31. The first kappa shape index (κ1) is 10.1. The topological polar surface area (TPSA) is 0 Å². The highest BCUT2D eigenvalue weighted by atomic mass is 35.8. The zero-order valence-electron chi connectivity index (χ0n) is 2.63. The van der Waals surface area contributed by atoms with Crippen LogP contribution >= 0.6 is 33.2 Å². The van der Waals surface area contributed by atoms with E-state index in [-0.39, 0.29) is 7.43 Å². The summed E-state index contributed by atoms with van der Waals surface area (Å²) in [6.07, 6.45) is 0. The summed E-state index contributed by atoms with van der Waals surface area (Å²) < 4.78 is 0. The van der Waals surface area contributed by atoms with Gasteiger partial charge in [-0.3, -0.25) is 0 Å². The fourth-order valence-corrected chi connectivity index (χ4v) is 0. The van der Waals surface area contributed by atoms with Crippen LogP contribution in [0.15, 0.2) is 0 Å². The van der Waals surface area contributed by atoms with E-state index in [2.05, 4.69) is 0 Å². The van der Waals surface area contributed by atoms with E-state index in [1.54, 1.807) is 6.55 Å². The first-order valence-electron chi connectivity index (χ1n) is 1.07. The van der Waals surface area contributed by atoms with E-state index in [1.165, 1.54) is 0 Å². The maximum Gasteiger partial charge on any atom is 0.338 e. The molecule has 0 heterocycles. The summed E-state index contributed by atoms with van der Waals surface area (Å²) in [6, 6.07) is -2.19. The van der Waals surface area contributed by atoms with Gasteiger partial charge in [0, 0.05) is 0 Å². The van der Waals surface area contributed by atoms with Crippen molar-refractivity contribution in [3.05, 3.63) is 0 Å². The second-order valence-corrected chi connectivity index (χ2v) is 10.9. The summed E-state index contributed by atoms with van der Waals surface area (Å²) in [7, 11) is 0. The Balaban J connectivity index is 0. The molecule has 0 aliphatic heterocycles. The lowest BCUT2D eigenvalue weighted by Crippen LogP contribution is -1.97. The maximum atomic E-state index is 5.20. The fourth-order valence-electron chi connectivity index (χ4n) is 0. The summed E-state index contributed by atoms with van der Waals surface area (Å²) >= 11 is 15.6. The summed E-state index contributed by atoms with van der Waals surface area (Å²) in [4.78, 5) is 0. The smallest absolute Gasteiger partial charge is 0.126 e. The van der Waals surface area contributed by atoms with Gasteiger partial charge in [-0.15, -0.1) is 33.2 Å². The Hall–Kier alpha value is 1.09. The van der Waals surface area contributed by atoms with Crippen LogP contribution in [0.1, 0.15) is 7.43 Å². The van der Waals surface area contributed by atoms with E-state index in [9.17, 15) is 0 Å². The van der Waals surface area contributed by atoms with Gasteiger partial charge in [-0.25, -0.2) is 0 Å². The molecule has 0 rings (SSSR count). The van der Waals surface area contributed by atoms with Gasteiger partial charge in [-0.2, -0.15) is 0 Å². The van der Waals surface area contributed by atoms with Crippen molar-refractivity contribution in [1.82, 2.24) is 0 Å². The normalized spacial score (nSPS) is 10.0. The van der Waals surface area contributed by atoms with Gasteiger partial charge in [0.05, 0.1) is 0 Å². The van der Waals surface area contributed by atoms with Crippen LogP contribution in [-0.4, -0.2) is 6.00 Å². The third-order valence-electron chi connectivity index (χ3n) is 0. The molecule has 40 valence electrons. The SMILES string of the molecule is C.C[Si](Cl)(Cl)Cl. The van der Waals surface area contributed by atoms with Crippen molar-refractivity contribution in [1.29, 1.82) is 0 Å². The van der Waals surface area contributed by atoms with Crippen LogP contribution < -0.4 is 0 Å². The minimum Gasteiger partial charge on any atom is -0.126 e. The number of hydrogen-bond donors (Lipinski definition) is 0. The zero-order chi connectivity index (χ0) is 4.50. The monoisotopic (exact) mass is 164 g/mol. The van der Waals surface area contributed by atoms with Crippen LogP contribution in [0.2, 0.25) is 6.55 Å². The highest BCUT2D eigenvalue weighted by Gasteiger charge is 2.13. The van der Waals surface area contributed by atoms with Crippen molar-refractivity contribution in [2.45, 2.75) is 14.0 Å². The molecule has 0 bridgehead atoms. The van der Waals surface area contributed by atoms with Crippen molar-refractivity contribution >= 4 is 39.2 Å². The van der Waals surface area contributed by atoms with Crippen molar-refractivity contribution in [3.8, 4) is 0 Å². The molecule has 0 saturated heterocycles. The minimum absolute atomic E-state index is 0. The van der Waals surface area contributed by atoms with Crippen LogP contribution in [0.4, 0.5) is 0 Å². The molecule has 0 aromatic rings. The summed E-state index contributed by atoms with van der Waals surface area (Å²) in [5.74, 6) is 0. The predicted octanol–water partition coefficient (Wildman–Crippen LogP) is 2.91. The third kappa shape index (κ3) is 71.9. The molecule has 0 spiro atoms. The number of rotatable bonds is 0. The molecular formula is C2H7Cl3Si. The van der Waals surface area contributed by atoms with E-state index in [0.29, 0.717) is 0 Å². The highest BCUT2D eigenvalue weighted by Crippen LogP contribution is 2.17. The van der Waals surface area contributed by atoms with Crippen molar-refractivity contribution in [3.63, 3.8) is 0 Å². The molecule has 0 aliphatic carbocycles. The van der Waals surface area contributed by atoms with Gasteiger partial charge in [0.25, 0.3) is 0 Å². The van der Waals surface area contributed by atoms with Gasteiger partial charge in [0.2, 0.25) is 0 Å². The average molecular weight is 166 g/mol. The molecule has 0 radical (unpaired) electrons. The largest absolute Gasteiger partial charge is 0.338 e. The lowest BCUT2D eigenvalue weighted by Gasteiger charge is -1.89. The molecule has 0 amide bonds. The lowest BCUT2D eigenvalue weighted by atomic mass is 11.9. The highest BCUT2D eigenvalue weighted by molar-refractivity contribution is 7.64. The molecule has 0 nitrogen and oxygen atoms in total. The minimum atomic E-state index is -2.19. The standard InChI is InChI=1S/CH3Cl3Si.CH4/c1-5(2,3)4;/h1H3;1H4. The molecule has 0 saturated carbocycles. The Labute approximate surface area is 53.5 Å². The first-order chi connectivity index (χ1) is 2.00. The molecule has 0 aromatic carbocycles. The second kappa shape index (κ2) is 3.14. The Morgan fingerprint density at radius 1 is 1.17 bits per heavy atom. The molecule has 0 unspecified atom stereocenters. The van der Waals surface area contributed by atoms with Crippen LogP contribution in [0, 0.1) is 0 Å². The second-order valence-electron chi connectivity index (χ2n) is 0.781. The molecule has 6 heavy (non-hydrogen) atoms. The van der Waals surface area contributed by atoms with Gasteiger partial charge in [-0.1, -0.05) is 7.43 Å². The maximum absolute atomic E-state index is 5.20. The molecule has 0 aromatic heterocycles. The van der Waals surface area contributed by atoms with E-state index >= 15 is 0 Å². The Kier molecular flexibility index (Phi) is 5.30. The van der Waals surface area contributed by atoms with Gasteiger partial charge in [0.15, 0.2) is 0 Å². The van der Waals surface area contributed by atoms with E-state index in [4.69, 9.17) is 33.2 Å². The summed E-state index contributed by atoms with van der Waals surface area (Å²) in [5.41, 5.74) is 0. The quantitative estimate of drug-likeness (QED) is 0.382. The fraction of sp³-hybridized carbons (Fsp3) is 1.00. The van der Waals surface area contributed by atoms with Crippen LogP contribution in [-0.2, 0) is 0 Å². The van der Waals surface area contributed by atoms with Crippen LogP contribution in [0.25, 0.3) is 0 Å². The average Bonchev–Trinajstić information content (AvgIpc) is 0.722. The Bertz CT molecular complexity index is 24.3. The van der Waals surface area contributed by atoms with E-state index in [0.717, 1.165) is 0 Å².